The Morgan fingerprint density at radius 2 is 1.46 bits per heavy atom. The number of aryl methyl sites for hydroxylation is 1. The average Bonchev–Trinajstić information content (AvgIpc) is 2.06. The van der Waals surface area contributed by atoms with Crippen LogP contribution in [0.3, 0.4) is 0 Å². The van der Waals surface area contributed by atoms with Crippen molar-refractivity contribution < 1.29 is 15.1 Å². The molecule has 0 aliphatic carbocycles. The first-order chi connectivity index (χ1) is 6.11. The summed E-state index contributed by atoms with van der Waals surface area (Å²) in [6, 6.07) is 8.60. The number of hydrogen-bond acceptors (Lipinski definition) is 0. The zero-order valence-corrected chi connectivity index (χ0v) is 11.2. The zero-order chi connectivity index (χ0) is 10.3. The van der Waals surface area contributed by atoms with Crippen LogP contribution in [0, 0.1) is 12.8 Å². The summed E-state index contributed by atoms with van der Waals surface area (Å²) in [7, 11) is 9.71. The molecule has 0 fully saturated rings. The fourth-order valence-corrected chi connectivity index (χ4v) is 0.887. The van der Waals surface area contributed by atoms with E-state index in [0.717, 1.165) is 0 Å². The van der Waals surface area contributed by atoms with Crippen molar-refractivity contribution in [3.05, 3.63) is 41.3 Å². The Balaban J connectivity index is 0.000000424. The van der Waals surface area contributed by atoms with Gasteiger partial charge in [-0.25, -0.2) is 0 Å². The monoisotopic (exact) mass is 305 g/mol. The second kappa shape index (κ2) is 7.67. The third-order valence-electron chi connectivity index (χ3n) is 1.63. The van der Waals surface area contributed by atoms with Crippen LogP contribution >= 0.6 is 19.4 Å². The molecule has 0 atom stereocenters. The molecule has 0 unspecified atom stereocenters. The second-order valence-corrected chi connectivity index (χ2v) is 5.56. The molecule has 0 bridgehead atoms. The number of hydrogen-bond donors (Lipinski definition) is 0. The first-order valence-electron chi connectivity index (χ1n) is 3.84. The maximum absolute atomic E-state index is 4.85. The van der Waals surface area contributed by atoms with Gasteiger partial charge in [0.05, 0.1) is 0 Å². The van der Waals surface area contributed by atoms with Gasteiger partial charge in [-0.3, -0.25) is 0 Å². The van der Waals surface area contributed by atoms with Gasteiger partial charge in [0, 0.05) is 0 Å². The first kappa shape index (κ1) is 13.3. The Hall–Kier alpha value is 0.293. The number of rotatable bonds is 1. The third kappa shape index (κ3) is 6.38. The van der Waals surface area contributed by atoms with Crippen LogP contribution in [0.1, 0.15) is 25.0 Å². The molecule has 0 saturated carbocycles. The van der Waals surface area contributed by atoms with Gasteiger partial charge in [-0.1, -0.05) is 19.4 Å². The molecule has 0 N–H and O–H groups in total. The topological polar surface area (TPSA) is 0 Å². The van der Waals surface area contributed by atoms with E-state index in [-0.39, 0.29) is 15.1 Å². The van der Waals surface area contributed by atoms with Gasteiger partial charge in [0.1, 0.15) is 0 Å². The summed E-state index contributed by atoms with van der Waals surface area (Å²) in [4.78, 5) is 0. The molecule has 0 nitrogen and oxygen atoms in total. The summed E-state index contributed by atoms with van der Waals surface area (Å²) in [6.07, 6.45) is 0. The molecule has 0 aliphatic rings. The van der Waals surface area contributed by atoms with Crippen LogP contribution in [-0.2, 0) is 15.1 Å². The van der Waals surface area contributed by atoms with Gasteiger partial charge in [-0.15, -0.1) is 12.1 Å². The van der Waals surface area contributed by atoms with Crippen molar-refractivity contribution in [1.82, 2.24) is 0 Å². The van der Waals surface area contributed by atoms with E-state index in [9.17, 15) is 0 Å². The van der Waals surface area contributed by atoms with Gasteiger partial charge in [0.25, 0.3) is 0 Å². The van der Waals surface area contributed by atoms with Gasteiger partial charge in [-0.2, -0.15) is 23.6 Å². The van der Waals surface area contributed by atoms with Crippen molar-refractivity contribution in [2.24, 2.45) is 0 Å². The van der Waals surface area contributed by atoms with Gasteiger partial charge in [0.15, 0.2) is 0 Å². The van der Waals surface area contributed by atoms with E-state index in [4.69, 9.17) is 19.4 Å². The molecule has 1 aromatic carbocycles. The van der Waals surface area contributed by atoms with E-state index in [1.807, 2.05) is 0 Å². The molecule has 0 aliphatic heterocycles. The summed E-state index contributed by atoms with van der Waals surface area (Å²) >= 11 is -0.346. The average molecular weight is 305 g/mol. The summed E-state index contributed by atoms with van der Waals surface area (Å²) in [6.45, 7) is 6.37. The van der Waals surface area contributed by atoms with Crippen molar-refractivity contribution in [2.75, 3.05) is 0 Å². The Morgan fingerprint density at radius 1 is 1.08 bits per heavy atom. The first-order valence-corrected chi connectivity index (χ1v) is 8.31. The van der Waals surface area contributed by atoms with E-state index in [1.54, 1.807) is 0 Å². The Kier molecular flexibility index (Phi) is 7.85. The molecular weight excluding hydrogens is 292 g/mol. The molecule has 0 amide bonds. The van der Waals surface area contributed by atoms with Gasteiger partial charge >= 0.3 is 34.5 Å². The van der Waals surface area contributed by atoms with Crippen molar-refractivity contribution in [3.8, 4) is 0 Å². The summed E-state index contributed by atoms with van der Waals surface area (Å²) in [5.41, 5.74) is 2.66. The standard InChI is InChI=1S/C10H13.2ClH.Ru/c1-8(2)10-6-4-9(3)5-7-10;;;/h4-7H,1-3H3;2*1H;/q-1;;;+2/p-2. The molecule has 0 spiro atoms. The molecule has 0 heterocycles. The molecule has 0 saturated heterocycles. The molecule has 0 radical (unpaired) electrons. The van der Waals surface area contributed by atoms with Crippen LogP contribution in [-0.4, -0.2) is 0 Å². The molecule has 0 aromatic heterocycles. The van der Waals surface area contributed by atoms with Crippen LogP contribution in [0.5, 0.6) is 0 Å². The van der Waals surface area contributed by atoms with Gasteiger partial charge in [0.2, 0.25) is 0 Å². The minimum atomic E-state index is -0.346. The third-order valence-corrected chi connectivity index (χ3v) is 1.63. The van der Waals surface area contributed by atoms with Crippen molar-refractivity contribution in [1.29, 1.82) is 0 Å². The van der Waals surface area contributed by atoms with Crippen molar-refractivity contribution >= 4 is 19.4 Å². The number of halogens is 2. The molecule has 3 heteroatoms. The predicted molar refractivity (Wildman–Crippen MR) is 56.6 cm³/mol. The quantitative estimate of drug-likeness (QED) is 0.535. The van der Waals surface area contributed by atoms with Crippen LogP contribution in [0.2, 0.25) is 0 Å². The van der Waals surface area contributed by atoms with E-state index in [0.29, 0.717) is 0 Å². The summed E-state index contributed by atoms with van der Waals surface area (Å²) in [5, 5.41) is 0. The minimum absolute atomic E-state index is 0.346. The van der Waals surface area contributed by atoms with E-state index in [2.05, 4.69) is 45.0 Å². The van der Waals surface area contributed by atoms with Gasteiger partial charge in [-0.05, 0) is 6.92 Å². The normalized spacial score (nSPS) is 9.00. The Morgan fingerprint density at radius 3 is 1.77 bits per heavy atom. The summed E-state index contributed by atoms with van der Waals surface area (Å²) < 4.78 is 0. The van der Waals surface area contributed by atoms with Crippen molar-refractivity contribution in [3.63, 3.8) is 0 Å². The van der Waals surface area contributed by atoms with Crippen LogP contribution in [0.15, 0.2) is 24.3 Å². The maximum atomic E-state index is 4.85. The van der Waals surface area contributed by atoms with E-state index < -0.39 is 0 Å². The second-order valence-electron chi connectivity index (χ2n) is 2.92. The summed E-state index contributed by atoms with van der Waals surface area (Å²) in [5.74, 6) is 1.38. The molecule has 13 heavy (non-hydrogen) atoms. The SMILES string of the molecule is Cc1ccc([C-](C)C)cc1.[Cl][Ru][Cl]. The van der Waals surface area contributed by atoms with Crippen LogP contribution in [0.4, 0.5) is 0 Å². The number of benzene rings is 1. The zero-order valence-electron chi connectivity index (χ0n) is 7.92. The van der Waals surface area contributed by atoms with Crippen molar-refractivity contribution in [2.45, 2.75) is 20.8 Å². The Bertz CT molecular complexity index is 219. The molecule has 76 valence electrons. The van der Waals surface area contributed by atoms with Gasteiger partial charge < -0.3 is 0 Å². The Labute approximate surface area is 96.3 Å². The predicted octanol–water partition coefficient (Wildman–Crippen LogP) is 4.33. The van der Waals surface area contributed by atoms with Crippen LogP contribution in [0.25, 0.3) is 0 Å². The molecule has 1 rings (SSSR count). The van der Waals surface area contributed by atoms with Crippen LogP contribution < -0.4 is 0 Å². The molecular formula is C10H13Cl2Ru-. The fourth-order valence-electron chi connectivity index (χ4n) is 0.887. The molecule has 1 aromatic rings. The van der Waals surface area contributed by atoms with E-state index >= 15 is 0 Å². The fraction of sp³-hybridized carbons (Fsp3) is 0.300. The van der Waals surface area contributed by atoms with E-state index in [1.165, 1.54) is 17.0 Å².